The number of nitrogens with zero attached hydrogens (tertiary/aromatic N) is 1. The van der Waals surface area contributed by atoms with Crippen molar-refractivity contribution < 1.29 is 18.7 Å². The van der Waals surface area contributed by atoms with Crippen molar-refractivity contribution >= 4 is 5.91 Å². The highest BCUT2D eigenvalue weighted by atomic mass is 16.5. The minimum absolute atomic E-state index is 0.0278. The van der Waals surface area contributed by atoms with Gasteiger partial charge in [0.15, 0.2) is 23.1 Å². The maximum absolute atomic E-state index is 12.1. The number of hydrogen-bond acceptors (Lipinski definition) is 5. The molecule has 0 unspecified atom stereocenters. The first-order valence-corrected chi connectivity index (χ1v) is 9.17. The SMILES string of the molecule is COc1ccc(CCNC(=O)CCc2ncc(-c3ccccc3)o2)cc1OC. The van der Waals surface area contributed by atoms with E-state index in [1.165, 1.54) is 0 Å². The summed E-state index contributed by atoms with van der Waals surface area (Å²) in [6.45, 7) is 0.551. The van der Waals surface area contributed by atoms with E-state index in [4.69, 9.17) is 13.9 Å². The molecule has 0 atom stereocenters. The normalized spacial score (nSPS) is 10.5. The van der Waals surface area contributed by atoms with Crippen molar-refractivity contribution in [3.63, 3.8) is 0 Å². The van der Waals surface area contributed by atoms with Gasteiger partial charge in [-0.3, -0.25) is 4.79 Å². The summed E-state index contributed by atoms with van der Waals surface area (Å²) < 4.78 is 16.2. The van der Waals surface area contributed by atoms with Gasteiger partial charge in [-0.15, -0.1) is 0 Å². The Hall–Kier alpha value is -3.28. The number of amides is 1. The summed E-state index contributed by atoms with van der Waals surface area (Å²) in [7, 11) is 3.21. The Morgan fingerprint density at radius 1 is 1.04 bits per heavy atom. The summed E-state index contributed by atoms with van der Waals surface area (Å²) in [6, 6.07) is 15.5. The molecule has 0 saturated heterocycles. The molecule has 1 heterocycles. The summed E-state index contributed by atoms with van der Waals surface area (Å²) in [6.07, 6.45) is 3.21. The molecular formula is C22H24N2O4. The molecule has 1 amide bonds. The summed E-state index contributed by atoms with van der Waals surface area (Å²) in [4.78, 5) is 16.3. The predicted octanol–water partition coefficient (Wildman–Crippen LogP) is 3.65. The largest absolute Gasteiger partial charge is 0.493 e. The van der Waals surface area contributed by atoms with Crippen molar-refractivity contribution in [2.45, 2.75) is 19.3 Å². The monoisotopic (exact) mass is 380 g/mol. The van der Waals surface area contributed by atoms with E-state index >= 15 is 0 Å². The van der Waals surface area contributed by atoms with E-state index in [0.717, 1.165) is 11.1 Å². The average Bonchev–Trinajstić information content (AvgIpc) is 3.22. The number of rotatable bonds is 9. The molecule has 3 rings (SSSR count). The van der Waals surface area contributed by atoms with Crippen LogP contribution in [0.4, 0.5) is 0 Å². The summed E-state index contributed by atoms with van der Waals surface area (Å²) >= 11 is 0. The molecule has 0 saturated carbocycles. The van der Waals surface area contributed by atoms with E-state index in [1.807, 2.05) is 48.5 Å². The van der Waals surface area contributed by atoms with E-state index in [2.05, 4.69) is 10.3 Å². The Kier molecular flexibility index (Phi) is 6.68. The van der Waals surface area contributed by atoms with Gasteiger partial charge < -0.3 is 19.2 Å². The van der Waals surface area contributed by atoms with Crippen LogP contribution in [-0.2, 0) is 17.6 Å². The van der Waals surface area contributed by atoms with Crippen LogP contribution in [0, 0.1) is 0 Å². The van der Waals surface area contributed by atoms with Gasteiger partial charge in [0.1, 0.15) is 0 Å². The number of carbonyl (C=O) groups is 1. The summed E-state index contributed by atoms with van der Waals surface area (Å²) in [5, 5.41) is 2.93. The second kappa shape index (κ2) is 9.60. The lowest BCUT2D eigenvalue weighted by Gasteiger charge is -2.10. The molecule has 3 aromatic rings. The van der Waals surface area contributed by atoms with Crippen molar-refractivity contribution in [2.24, 2.45) is 0 Å². The fourth-order valence-corrected chi connectivity index (χ4v) is 2.85. The van der Waals surface area contributed by atoms with Crippen LogP contribution in [0.2, 0.25) is 0 Å². The third-order valence-electron chi connectivity index (χ3n) is 4.36. The lowest BCUT2D eigenvalue weighted by molar-refractivity contribution is -0.121. The van der Waals surface area contributed by atoms with Gasteiger partial charge in [-0.1, -0.05) is 36.4 Å². The molecule has 0 aliphatic carbocycles. The molecule has 2 aromatic carbocycles. The number of benzene rings is 2. The van der Waals surface area contributed by atoms with Crippen LogP contribution in [0.3, 0.4) is 0 Å². The lowest BCUT2D eigenvalue weighted by Crippen LogP contribution is -2.25. The van der Waals surface area contributed by atoms with E-state index < -0.39 is 0 Å². The van der Waals surface area contributed by atoms with Gasteiger partial charge in [-0.2, -0.15) is 0 Å². The van der Waals surface area contributed by atoms with Crippen molar-refractivity contribution in [1.82, 2.24) is 10.3 Å². The van der Waals surface area contributed by atoms with Crippen molar-refractivity contribution in [2.75, 3.05) is 20.8 Å². The molecule has 0 spiro atoms. The first-order valence-electron chi connectivity index (χ1n) is 9.17. The molecule has 6 heteroatoms. The van der Waals surface area contributed by atoms with Crippen LogP contribution in [0.1, 0.15) is 17.9 Å². The maximum Gasteiger partial charge on any atom is 0.220 e. The first kappa shape index (κ1) is 19.5. The highest BCUT2D eigenvalue weighted by Gasteiger charge is 2.09. The topological polar surface area (TPSA) is 73.6 Å². The standard InChI is InChI=1S/C22H24N2O4/c1-26-18-9-8-16(14-19(18)27-2)12-13-23-21(25)10-11-22-24-15-20(28-22)17-6-4-3-5-7-17/h3-9,14-15H,10-13H2,1-2H3,(H,23,25). The zero-order valence-electron chi connectivity index (χ0n) is 16.1. The Bertz CT molecular complexity index is 906. The van der Waals surface area contributed by atoms with Gasteiger partial charge in [0.2, 0.25) is 5.91 Å². The summed E-state index contributed by atoms with van der Waals surface area (Å²) in [5.41, 5.74) is 2.04. The molecule has 6 nitrogen and oxygen atoms in total. The minimum atomic E-state index is -0.0278. The van der Waals surface area contributed by atoms with Crippen LogP contribution >= 0.6 is 0 Å². The second-order valence-corrected chi connectivity index (χ2v) is 6.27. The molecule has 146 valence electrons. The van der Waals surface area contributed by atoms with Crippen LogP contribution in [-0.4, -0.2) is 31.7 Å². The van der Waals surface area contributed by atoms with Crippen LogP contribution < -0.4 is 14.8 Å². The first-order chi connectivity index (χ1) is 13.7. The van der Waals surface area contributed by atoms with Crippen LogP contribution in [0.5, 0.6) is 11.5 Å². The quantitative estimate of drug-likeness (QED) is 0.613. The number of oxazole rings is 1. The van der Waals surface area contributed by atoms with Gasteiger partial charge >= 0.3 is 0 Å². The Balaban J connectivity index is 1.43. The van der Waals surface area contributed by atoms with Crippen molar-refractivity contribution in [1.29, 1.82) is 0 Å². The minimum Gasteiger partial charge on any atom is -0.493 e. The highest BCUT2D eigenvalue weighted by molar-refractivity contribution is 5.76. The van der Waals surface area contributed by atoms with Crippen molar-refractivity contribution in [3.8, 4) is 22.8 Å². The highest BCUT2D eigenvalue weighted by Crippen LogP contribution is 2.27. The lowest BCUT2D eigenvalue weighted by atomic mass is 10.1. The van der Waals surface area contributed by atoms with E-state index in [1.54, 1.807) is 20.4 Å². The van der Waals surface area contributed by atoms with Gasteiger partial charge in [0.25, 0.3) is 0 Å². The molecule has 1 N–H and O–H groups in total. The van der Waals surface area contributed by atoms with E-state index in [9.17, 15) is 4.79 Å². The Labute approximate surface area is 164 Å². The zero-order chi connectivity index (χ0) is 19.8. The number of aryl methyl sites for hydroxylation is 1. The van der Waals surface area contributed by atoms with E-state index in [-0.39, 0.29) is 5.91 Å². The van der Waals surface area contributed by atoms with Crippen molar-refractivity contribution in [3.05, 3.63) is 66.2 Å². The zero-order valence-corrected chi connectivity index (χ0v) is 16.1. The number of aromatic nitrogens is 1. The molecule has 0 radical (unpaired) electrons. The Morgan fingerprint density at radius 3 is 2.57 bits per heavy atom. The van der Waals surface area contributed by atoms with Gasteiger partial charge in [-0.25, -0.2) is 4.98 Å². The second-order valence-electron chi connectivity index (χ2n) is 6.27. The van der Waals surface area contributed by atoms with Gasteiger partial charge in [0.05, 0.1) is 20.4 Å². The number of nitrogens with one attached hydrogen (secondary N) is 1. The third kappa shape index (κ3) is 5.13. The average molecular weight is 380 g/mol. The number of hydrogen-bond donors (Lipinski definition) is 1. The Morgan fingerprint density at radius 2 is 1.82 bits per heavy atom. The number of methoxy groups -OCH3 is 2. The predicted molar refractivity (Wildman–Crippen MR) is 107 cm³/mol. The van der Waals surface area contributed by atoms with Gasteiger partial charge in [-0.05, 0) is 24.1 Å². The van der Waals surface area contributed by atoms with Crippen LogP contribution in [0.15, 0.2) is 59.1 Å². The third-order valence-corrected chi connectivity index (χ3v) is 4.36. The maximum atomic E-state index is 12.1. The van der Waals surface area contributed by atoms with Gasteiger partial charge in [0, 0.05) is 24.9 Å². The molecule has 0 fully saturated rings. The molecule has 1 aromatic heterocycles. The summed E-state index contributed by atoms with van der Waals surface area (Å²) in [5.74, 6) is 2.62. The molecular weight excluding hydrogens is 356 g/mol. The molecule has 0 bridgehead atoms. The fourth-order valence-electron chi connectivity index (χ4n) is 2.85. The van der Waals surface area contributed by atoms with E-state index in [0.29, 0.717) is 49.0 Å². The fraction of sp³-hybridized carbons (Fsp3) is 0.273. The molecule has 0 aliphatic rings. The smallest absolute Gasteiger partial charge is 0.220 e. The molecule has 0 aliphatic heterocycles. The number of ether oxygens (including phenoxy) is 2. The molecule has 28 heavy (non-hydrogen) atoms. The van der Waals surface area contributed by atoms with Crippen LogP contribution in [0.25, 0.3) is 11.3 Å². The number of carbonyl (C=O) groups excluding carboxylic acids is 1.